The predicted octanol–water partition coefficient (Wildman–Crippen LogP) is -2.31. The zero-order valence-electron chi connectivity index (χ0n) is 5.96. The summed E-state index contributed by atoms with van der Waals surface area (Å²) < 4.78 is 26.7. The lowest BCUT2D eigenvalue weighted by Crippen LogP contribution is -2.07. The van der Waals surface area contributed by atoms with Gasteiger partial charge in [0.05, 0.1) is 0 Å². The first kappa shape index (κ1) is 22.5. The molecular formula is H11BN2O6S2. The molecule has 72 valence electrons. The van der Waals surface area contributed by atoms with Gasteiger partial charge in [0.1, 0.15) is 0 Å². The van der Waals surface area contributed by atoms with Crippen LogP contribution in [-0.4, -0.2) is 35.7 Å². The topological polar surface area (TPSA) is 197 Å². The van der Waals surface area contributed by atoms with E-state index in [9.17, 15) is 0 Å². The van der Waals surface area contributed by atoms with Crippen molar-refractivity contribution in [3.8, 4) is 0 Å². The zero-order chi connectivity index (χ0) is 8.08. The monoisotopic (exact) mass is 210 g/mol. The molecule has 11 N–H and O–H groups in total. The maximum atomic E-state index is 8.89. The van der Waals surface area contributed by atoms with Crippen molar-refractivity contribution < 1.29 is 28.4 Å². The number of hydrogen-bond donors (Lipinski definition) is 5. The molecule has 11 heteroatoms. The van der Waals surface area contributed by atoms with Crippen LogP contribution in [0.15, 0.2) is 0 Å². The summed E-state index contributed by atoms with van der Waals surface area (Å²) in [6.07, 6.45) is 0. The molecular weight excluding hydrogens is 199 g/mol. The van der Waals surface area contributed by atoms with Crippen molar-refractivity contribution in [3.63, 3.8) is 0 Å². The van der Waals surface area contributed by atoms with Crippen molar-refractivity contribution in [2.45, 2.75) is 0 Å². The van der Waals surface area contributed by atoms with E-state index >= 15 is 0 Å². The molecule has 0 fully saturated rings. The predicted molar refractivity (Wildman–Crippen MR) is 41.4 cm³/mol. The van der Waals surface area contributed by atoms with Crippen LogP contribution in [0.25, 0.3) is 0 Å². The third-order valence-electron chi connectivity index (χ3n) is 0. The minimum Gasteiger partial charge on any atom is -0.780 e. The molecule has 0 bridgehead atoms. The summed E-state index contributed by atoms with van der Waals surface area (Å²) >= 11 is 3.24. The van der Waals surface area contributed by atoms with Gasteiger partial charge < -0.3 is 36.5 Å². The van der Waals surface area contributed by atoms with E-state index in [1.165, 1.54) is 0 Å². The Morgan fingerprint density at radius 1 is 1.18 bits per heavy atom. The van der Waals surface area contributed by atoms with Gasteiger partial charge >= 0.3 is 7.32 Å². The van der Waals surface area contributed by atoms with Crippen LogP contribution in [0.3, 0.4) is 0 Å². The minimum absolute atomic E-state index is 0. The molecule has 0 amide bonds. The van der Waals surface area contributed by atoms with Gasteiger partial charge in [0, 0.05) is 0 Å². The van der Waals surface area contributed by atoms with Crippen molar-refractivity contribution in [1.82, 2.24) is 12.3 Å². The third-order valence-corrected chi connectivity index (χ3v) is 0. The van der Waals surface area contributed by atoms with Gasteiger partial charge in [0.25, 0.3) is 0 Å². The Morgan fingerprint density at radius 2 is 1.18 bits per heavy atom. The average molecular weight is 210 g/mol. The van der Waals surface area contributed by atoms with Gasteiger partial charge in [-0.3, -0.25) is 4.21 Å². The summed E-state index contributed by atoms with van der Waals surface area (Å²) in [5.41, 5.74) is 0. The van der Waals surface area contributed by atoms with Crippen LogP contribution >= 0.6 is 0 Å². The van der Waals surface area contributed by atoms with Crippen LogP contribution in [0.2, 0.25) is 0 Å². The summed E-state index contributed by atoms with van der Waals surface area (Å²) in [4.78, 5) is 0. The fourth-order valence-electron chi connectivity index (χ4n) is 0. The van der Waals surface area contributed by atoms with Crippen molar-refractivity contribution in [2.24, 2.45) is 0 Å². The van der Waals surface area contributed by atoms with E-state index in [0.29, 0.717) is 0 Å². The highest BCUT2D eigenvalue weighted by molar-refractivity contribution is 8.26. The van der Waals surface area contributed by atoms with Gasteiger partial charge in [-0.2, -0.15) is 0 Å². The van der Waals surface area contributed by atoms with Crippen molar-refractivity contribution in [2.75, 3.05) is 0 Å². The lowest BCUT2D eigenvalue weighted by atomic mass is 10.3. The number of rotatable bonds is 0. The average Bonchev–Trinajstić information content (AvgIpc) is 1.19. The number of hydrogen-bond acceptors (Lipinski definition) is 7. The Kier molecular flexibility index (Phi) is 20.7. The van der Waals surface area contributed by atoms with Crippen molar-refractivity contribution in [1.29, 1.82) is 0 Å². The summed E-state index contributed by atoms with van der Waals surface area (Å²) in [5.74, 6) is 0. The molecule has 0 aliphatic heterocycles. The van der Waals surface area contributed by atoms with Gasteiger partial charge in [-0.15, -0.1) is 9.05 Å². The van der Waals surface area contributed by atoms with Gasteiger partial charge in [0.15, 0.2) is 0 Å². The van der Waals surface area contributed by atoms with E-state index in [2.05, 4.69) is 11.2 Å². The Labute approximate surface area is 68.9 Å². The summed E-state index contributed by atoms with van der Waals surface area (Å²) in [7, 11) is -6.50. The highest BCUT2D eigenvalue weighted by Crippen LogP contribution is 1.60. The molecule has 0 rings (SSSR count). The highest BCUT2D eigenvalue weighted by atomic mass is 32.9. The second kappa shape index (κ2) is 10.2. The van der Waals surface area contributed by atoms with Gasteiger partial charge in [0.2, 0.25) is 0 Å². The molecule has 0 spiro atoms. The molecule has 0 saturated heterocycles. The third kappa shape index (κ3) is 28100. The smallest absolute Gasteiger partial charge is 0.631 e. The molecule has 0 aromatic heterocycles. The highest BCUT2D eigenvalue weighted by Gasteiger charge is 1.92. The normalized spacial score (nSPS) is 7.73. The van der Waals surface area contributed by atoms with Gasteiger partial charge in [-0.1, -0.05) is 0 Å². The Morgan fingerprint density at radius 3 is 1.18 bits per heavy atom. The van der Waals surface area contributed by atoms with E-state index in [-0.39, 0.29) is 12.3 Å². The quantitative estimate of drug-likeness (QED) is 0.276. The zero-order valence-corrected chi connectivity index (χ0v) is 7.59. The molecule has 0 saturated carbocycles. The van der Waals surface area contributed by atoms with E-state index in [4.69, 9.17) is 28.4 Å². The first-order valence-electron chi connectivity index (χ1n) is 1.44. The van der Waals surface area contributed by atoms with Crippen LogP contribution in [0.1, 0.15) is 0 Å². The molecule has 0 aromatic carbocycles. The van der Waals surface area contributed by atoms with Crippen LogP contribution in [0.4, 0.5) is 0 Å². The van der Waals surface area contributed by atoms with Crippen LogP contribution in [0.5, 0.6) is 0 Å². The molecule has 8 nitrogen and oxygen atoms in total. The minimum atomic E-state index is -4.33. The Bertz CT molecular complexity index is 130. The Balaban J connectivity index is -0.0000000383. The SMILES string of the molecule is O=S([O-])([O-])=S.OB(O)O.[NH4+].[NH4+]. The van der Waals surface area contributed by atoms with E-state index in [0.717, 1.165) is 0 Å². The molecule has 0 aromatic rings. The van der Waals surface area contributed by atoms with Gasteiger partial charge in [-0.05, 0) is 11.2 Å². The largest absolute Gasteiger partial charge is 0.780 e. The fourth-order valence-corrected chi connectivity index (χ4v) is 0. The van der Waals surface area contributed by atoms with Crippen molar-refractivity contribution in [3.05, 3.63) is 0 Å². The maximum Gasteiger partial charge on any atom is 0.631 e. The summed E-state index contributed by atoms with van der Waals surface area (Å²) in [5, 5.41) is 21.5. The second-order valence-electron chi connectivity index (χ2n) is 0.755. The molecule has 0 aliphatic rings. The first-order valence-corrected chi connectivity index (χ1v) is 3.77. The molecule has 0 radical (unpaired) electrons. The Hall–Kier alpha value is 0.155. The van der Waals surface area contributed by atoms with E-state index in [1.54, 1.807) is 0 Å². The second-order valence-corrected chi connectivity index (χ2v) is 2.80. The molecule has 0 aliphatic carbocycles. The lowest BCUT2D eigenvalue weighted by molar-refractivity contribution is 0.278. The van der Waals surface area contributed by atoms with E-state index in [1.807, 2.05) is 0 Å². The molecule has 11 heavy (non-hydrogen) atoms. The van der Waals surface area contributed by atoms with Gasteiger partial charge in [-0.25, -0.2) is 0 Å². The summed E-state index contributed by atoms with van der Waals surface area (Å²) in [6, 6.07) is 0. The first-order chi connectivity index (χ1) is 3.73. The molecule has 0 heterocycles. The van der Waals surface area contributed by atoms with Crippen LogP contribution in [-0.2, 0) is 20.2 Å². The number of quaternary nitrogens is 2. The lowest BCUT2D eigenvalue weighted by Gasteiger charge is -2.12. The van der Waals surface area contributed by atoms with Crippen LogP contribution in [0, 0.1) is 0 Å². The fraction of sp³-hybridized carbons (Fsp3) is 0. The maximum absolute atomic E-state index is 8.89. The molecule has 0 atom stereocenters. The molecule has 0 unspecified atom stereocenters. The summed E-state index contributed by atoms with van der Waals surface area (Å²) in [6.45, 7) is 0. The van der Waals surface area contributed by atoms with Crippen molar-refractivity contribution >= 4 is 27.6 Å². The van der Waals surface area contributed by atoms with E-state index < -0.39 is 16.4 Å². The standard InChI is InChI=1S/BH3O3.2H3N.H2O3S2/c2-1(3)4;;;1-5(2,3)4/h2-4H;2*1H3;(H2,1,2,3,4). The van der Waals surface area contributed by atoms with Crippen LogP contribution < -0.4 is 12.3 Å².